The van der Waals surface area contributed by atoms with Crippen LogP contribution in [-0.2, 0) is 4.79 Å². The summed E-state index contributed by atoms with van der Waals surface area (Å²) in [5.41, 5.74) is 0.282. The standard InChI is InChI=1S/C17H21NO6/c1-3-7-24-14-6-5-11(8-15(14)23-4-2)16(20)18-10-12(19)9-13(18)17(21)22/h3,5-6,8,12-13,19H,1,4,7,9-10H2,2H3,(H,21,22)/t12-,13+/m1/s1. The van der Waals surface area contributed by atoms with E-state index in [1.54, 1.807) is 18.2 Å². The number of hydrogen-bond donors (Lipinski definition) is 2. The average Bonchev–Trinajstić information content (AvgIpc) is 2.95. The van der Waals surface area contributed by atoms with Crippen molar-refractivity contribution in [3.63, 3.8) is 0 Å². The van der Waals surface area contributed by atoms with Crippen molar-refractivity contribution >= 4 is 11.9 Å². The van der Waals surface area contributed by atoms with E-state index in [4.69, 9.17) is 9.47 Å². The van der Waals surface area contributed by atoms with Crippen molar-refractivity contribution in [1.29, 1.82) is 0 Å². The molecule has 0 aromatic heterocycles. The molecule has 1 aliphatic rings. The lowest BCUT2D eigenvalue weighted by Gasteiger charge is -2.22. The fourth-order valence-electron chi connectivity index (χ4n) is 2.62. The lowest BCUT2D eigenvalue weighted by molar-refractivity contribution is -0.141. The number of carboxylic acid groups (broad SMARTS) is 1. The largest absolute Gasteiger partial charge is 0.490 e. The second-order valence-electron chi connectivity index (χ2n) is 5.40. The third-order valence-electron chi connectivity index (χ3n) is 3.67. The monoisotopic (exact) mass is 335 g/mol. The summed E-state index contributed by atoms with van der Waals surface area (Å²) < 4.78 is 11.0. The molecule has 7 heteroatoms. The Hall–Kier alpha value is -2.54. The van der Waals surface area contributed by atoms with Crippen LogP contribution in [0.4, 0.5) is 0 Å². The summed E-state index contributed by atoms with van der Waals surface area (Å²) >= 11 is 0. The van der Waals surface area contributed by atoms with E-state index in [1.165, 1.54) is 11.0 Å². The number of aliphatic hydroxyl groups excluding tert-OH is 1. The second kappa shape index (κ2) is 7.83. The predicted molar refractivity (Wildman–Crippen MR) is 86.4 cm³/mol. The van der Waals surface area contributed by atoms with Crippen LogP contribution in [0.1, 0.15) is 23.7 Å². The number of hydrogen-bond acceptors (Lipinski definition) is 5. The number of carbonyl (C=O) groups is 2. The first kappa shape index (κ1) is 17.8. The molecule has 0 aliphatic carbocycles. The molecule has 2 N–H and O–H groups in total. The van der Waals surface area contributed by atoms with Crippen molar-refractivity contribution in [1.82, 2.24) is 4.90 Å². The molecule has 0 saturated carbocycles. The Labute approximate surface area is 140 Å². The highest BCUT2D eigenvalue weighted by Crippen LogP contribution is 2.30. The molecule has 0 bridgehead atoms. The third kappa shape index (κ3) is 3.86. The Bertz CT molecular complexity index is 630. The fourth-order valence-corrected chi connectivity index (χ4v) is 2.62. The van der Waals surface area contributed by atoms with Gasteiger partial charge in [-0.2, -0.15) is 0 Å². The first-order valence-corrected chi connectivity index (χ1v) is 7.70. The van der Waals surface area contributed by atoms with Gasteiger partial charge in [-0.15, -0.1) is 0 Å². The van der Waals surface area contributed by atoms with E-state index in [1.807, 2.05) is 6.92 Å². The van der Waals surface area contributed by atoms with Crippen LogP contribution in [0.5, 0.6) is 11.5 Å². The van der Waals surface area contributed by atoms with Gasteiger partial charge in [0.1, 0.15) is 12.6 Å². The van der Waals surface area contributed by atoms with Crippen LogP contribution in [0.3, 0.4) is 0 Å². The molecule has 1 heterocycles. The highest BCUT2D eigenvalue weighted by atomic mass is 16.5. The summed E-state index contributed by atoms with van der Waals surface area (Å²) in [5.74, 6) is -0.715. The van der Waals surface area contributed by atoms with E-state index in [-0.39, 0.29) is 18.5 Å². The Morgan fingerprint density at radius 1 is 1.38 bits per heavy atom. The molecule has 24 heavy (non-hydrogen) atoms. The van der Waals surface area contributed by atoms with Gasteiger partial charge in [-0.3, -0.25) is 4.79 Å². The minimum atomic E-state index is -1.13. The van der Waals surface area contributed by atoms with Gasteiger partial charge in [0.2, 0.25) is 0 Å². The summed E-state index contributed by atoms with van der Waals surface area (Å²) in [6, 6.07) is 3.64. The highest BCUT2D eigenvalue weighted by molar-refractivity contribution is 5.97. The Balaban J connectivity index is 2.27. The summed E-state index contributed by atoms with van der Waals surface area (Å²) in [7, 11) is 0. The number of aliphatic hydroxyl groups is 1. The van der Waals surface area contributed by atoms with E-state index in [2.05, 4.69) is 6.58 Å². The lowest BCUT2D eigenvalue weighted by Crippen LogP contribution is -2.40. The van der Waals surface area contributed by atoms with Crippen LogP contribution in [-0.4, -0.2) is 58.9 Å². The first-order valence-electron chi connectivity index (χ1n) is 7.70. The smallest absolute Gasteiger partial charge is 0.326 e. The molecule has 2 atom stereocenters. The zero-order valence-corrected chi connectivity index (χ0v) is 13.5. The second-order valence-corrected chi connectivity index (χ2v) is 5.40. The maximum atomic E-state index is 12.6. The van der Waals surface area contributed by atoms with Crippen LogP contribution in [0, 0.1) is 0 Å². The summed E-state index contributed by atoms with van der Waals surface area (Å²) in [6.07, 6.45) is 0.786. The minimum Gasteiger partial charge on any atom is -0.490 e. The maximum absolute atomic E-state index is 12.6. The molecule has 130 valence electrons. The van der Waals surface area contributed by atoms with Crippen molar-refractivity contribution in [3.05, 3.63) is 36.4 Å². The molecule has 1 amide bonds. The SMILES string of the molecule is C=CCOc1ccc(C(=O)N2C[C@H](O)C[C@H]2C(=O)O)cc1OCC. The van der Waals surface area contributed by atoms with Gasteiger partial charge in [0, 0.05) is 18.5 Å². The zero-order valence-electron chi connectivity index (χ0n) is 13.5. The van der Waals surface area contributed by atoms with E-state index < -0.39 is 24.0 Å². The molecule has 1 fully saturated rings. The van der Waals surface area contributed by atoms with Gasteiger partial charge in [-0.1, -0.05) is 12.7 Å². The molecule has 1 aromatic carbocycles. The van der Waals surface area contributed by atoms with Crippen LogP contribution in [0.2, 0.25) is 0 Å². The number of benzene rings is 1. The molecule has 7 nitrogen and oxygen atoms in total. The number of amides is 1. The molecule has 1 aromatic rings. The van der Waals surface area contributed by atoms with Crippen LogP contribution in [0.15, 0.2) is 30.9 Å². The molecule has 2 rings (SSSR count). The van der Waals surface area contributed by atoms with Crippen molar-refractivity contribution < 1.29 is 29.3 Å². The van der Waals surface area contributed by atoms with Gasteiger partial charge in [-0.05, 0) is 25.1 Å². The van der Waals surface area contributed by atoms with E-state index in [9.17, 15) is 19.8 Å². The van der Waals surface area contributed by atoms with Gasteiger partial charge < -0.3 is 24.6 Å². The van der Waals surface area contributed by atoms with Crippen molar-refractivity contribution in [2.45, 2.75) is 25.5 Å². The van der Waals surface area contributed by atoms with Gasteiger partial charge in [0.25, 0.3) is 5.91 Å². The molecular formula is C17H21NO6. The fraction of sp³-hybridized carbons (Fsp3) is 0.412. The first-order chi connectivity index (χ1) is 11.5. The van der Waals surface area contributed by atoms with Crippen LogP contribution < -0.4 is 9.47 Å². The normalized spacial score (nSPS) is 19.8. The summed E-state index contributed by atoms with van der Waals surface area (Å²) in [6.45, 7) is 6.07. The number of likely N-dealkylation sites (tertiary alicyclic amines) is 1. The predicted octanol–water partition coefficient (Wildman–Crippen LogP) is 1.31. The number of ether oxygens (including phenoxy) is 2. The minimum absolute atomic E-state index is 0.00547. The number of aliphatic carboxylic acids is 1. The summed E-state index contributed by atoms with van der Waals surface area (Å²) in [5, 5.41) is 18.9. The van der Waals surface area contributed by atoms with Gasteiger partial charge in [-0.25, -0.2) is 4.79 Å². The molecule has 1 saturated heterocycles. The quantitative estimate of drug-likeness (QED) is 0.729. The molecular weight excluding hydrogens is 314 g/mol. The lowest BCUT2D eigenvalue weighted by atomic mass is 10.1. The highest BCUT2D eigenvalue weighted by Gasteiger charge is 2.39. The van der Waals surface area contributed by atoms with E-state index in [0.29, 0.717) is 24.7 Å². The number of β-amino-alcohol motifs (C(OH)–C–C–N with tert-alkyl or cyclic N) is 1. The Morgan fingerprint density at radius 2 is 2.12 bits per heavy atom. The van der Waals surface area contributed by atoms with Gasteiger partial charge in [0.05, 0.1) is 12.7 Å². The number of nitrogens with zero attached hydrogens (tertiary/aromatic N) is 1. The van der Waals surface area contributed by atoms with Crippen molar-refractivity contribution in [3.8, 4) is 11.5 Å². The topological polar surface area (TPSA) is 96.3 Å². The molecule has 0 spiro atoms. The van der Waals surface area contributed by atoms with Crippen LogP contribution >= 0.6 is 0 Å². The molecule has 0 unspecified atom stereocenters. The average molecular weight is 335 g/mol. The van der Waals surface area contributed by atoms with Gasteiger partial charge >= 0.3 is 5.97 Å². The van der Waals surface area contributed by atoms with Crippen LogP contribution in [0.25, 0.3) is 0 Å². The molecule has 1 aliphatic heterocycles. The van der Waals surface area contributed by atoms with Gasteiger partial charge in [0.15, 0.2) is 11.5 Å². The maximum Gasteiger partial charge on any atom is 0.326 e. The Morgan fingerprint density at radius 3 is 2.75 bits per heavy atom. The van der Waals surface area contributed by atoms with E-state index in [0.717, 1.165) is 0 Å². The molecule has 0 radical (unpaired) electrons. The van der Waals surface area contributed by atoms with E-state index >= 15 is 0 Å². The number of carbonyl (C=O) groups excluding carboxylic acids is 1. The third-order valence-corrected chi connectivity index (χ3v) is 3.67. The number of rotatable bonds is 7. The Kier molecular flexibility index (Phi) is 5.81. The summed E-state index contributed by atoms with van der Waals surface area (Å²) in [4.78, 5) is 25.1. The number of carboxylic acids is 1. The van der Waals surface area contributed by atoms with Crippen molar-refractivity contribution in [2.24, 2.45) is 0 Å². The van der Waals surface area contributed by atoms with Crippen molar-refractivity contribution in [2.75, 3.05) is 19.8 Å². The zero-order chi connectivity index (χ0) is 17.7.